The van der Waals surface area contributed by atoms with Gasteiger partial charge in [0.25, 0.3) is 0 Å². The van der Waals surface area contributed by atoms with Crippen molar-refractivity contribution in [3.8, 4) is 0 Å². The number of aromatic nitrogens is 1. The van der Waals surface area contributed by atoms with Gasteiger partial charge in [-0.05, 0) is 6.92 Å². The molecular formula is C6H6F3NO. The molecule has 11 heavy (non-hydrogen) atoms. The average Bonchev–Trinajstić information content (AvgIpc) is 2.38. The summed E-state index contributed by atoms with van der Waals surface area (Å²) in [7, 11) is 0. The summed E-state index contributed by atoms with van der Waals surface area (Å²) >= 11 is 0. The van der Waals surface area contributed by atoms with Crippen LogP contribution in [-0.2, 0) is 6.54 Å². The monoisotopic (exact) mass is 165 g/mol. The molecule has 62 valence electrons. The normalized spacial score (nSPS) is 23.1. The first kappa shape index (κ1) is 6.82. The predicted octanol–water partition coefficient (Wildman–Crippen LogP) is 2.05. The van der Waals surface area contributed by atoms with Crippen LogP contribution in [-0.4, -0.2) is 10.9 Å². The highest BCUT2D eigenvalue weighted by Gasteiger charge is 2.50. The zero-order chi connectivity index (χ0) is 8.22. The smallest absolute Gasteiger partial charge is 0.382 e. The summed E-state index contributed by atoms with van der Waals surface area (Å²) in [5.41, 5.74) is 0.618. The van der Waals surface area contributed by atoms with Gasteiger partial charge in [0.2, 0.25) is 0 Å². The van der Waals surface area contributed by atoms with Gasteiger partial charge in [0, 0.05) is 0 Å². The summed E-state index contributed by atoms with van der Waals surface area (Å²) in [6.07, 6.45) is -4.15. The van der Waals surface area contributed by atoms with E-state index < -0.39 is 12.1 Å². The fourth-order valence-electron chi connectivity index (χ4n) is 1.33. The largest absolute Gasteiger partial charge is 0.400 e. The Kier molecular flexibility index (Phi) is 1.02. The number of hydrogen-bond donors (Lipinski definition) is 0. The lowest BCUT2D eigenvalue weighted by Crippen LogP contribution is -2.18. The first-order chi connectivity index (χ1) is 5.00. The van der Waals surface area contributed by atoms with E-state index in [0.29, 0.717) is 5.69 Å². The van der Waals surface area contributed by atoms with Crippen LogP contribution < -0.4 is 0 Å². The summed E-state index contributed by atoms with van der Waals surface area (Å²) in [5, 5.41) is 0. The van der Waals surface area contributed by atoms with Crippen molar-refractivity contribution in [1.29, 1.82) is 0 Å². The first-order valence-electron chi connectivity index (χ1n) is 3.23. The first-order valence-corrected chi connectivity index (χ1v) is 3.23. The maximum absolute atomic E-state index is 12.1. The van der Waals surface area contributed by atoms with Crippen molar-refractivity contribution in [2.24, 2.45) is 0 Å². The number of nitrogens with zero attached hydrogens (tertiary/aromatic N) is 1. The van der Waals surface area contributed by atoms with Gasteiger partial charge in [-0.2, -0.15) is 13.2 Å². The predicted molar refractivity (Wildman–Crippen MR) is 30.2 cm³/mol. The van der Waals surface area contributed by atoms with Gasteiger partial charge >= 0.3 is 6.18 Å². The van der Waals surface area contributed by atoms with Crippen LogP contribution in [0.25, 0.3) is 0 Å². The topological polar surface area (TPSA) is 18.1 Å². The minimum Gasteiger partial charge on any atom is -0.382 e. The molecule has 1 aromatic rings. The van der Waals surface area contributed by atoms with Crippen LogP contribution in [0.1, 0.15) is 17.4 Å². The van der Waals surface area contributed by atoms with Crippen molar-refractivity contribution in [1.82, 2.24) is 4.74 Å². The van der Waals surface area contributed by atoms with Gasteiger partial charge in [-0.1, -0.05) is 0 Å². The van der Waals surface area contributed by atoms with Crippen LogP contribution in [0.3, 0.4) is 0 Å². The Hall–Kier alpha value is -0.870. The Morgan fingerprint density at radius 3 is 2.36 bits per heavy atom. The molecule has 3 rings (SSSR count). The molecule has 2 nitrogen and oxygen atoms in total. The number of hydrogen-bond acceptors (Lipinski definition) is 1. The standard InChI is InChI=1S/C6H6F3NO/c1-3-5-4(6(7,8)9)2-10(3)11-5/h4H,2H2,1H3. The van der Waals surface area contributed by atoms with Crippen molar-refractivity contribution in [2.45, 2.75) is 25.6 Å². The van der Waals surface area contributed by atoms with Crippen LogP contribution in [0.5, 0.6) is 0 Å². The number of alkyl halides is 3. The molecule has 0 saturated heterocycles. The average molecular weight is 165 g/mol. The van der Waals surface area contributed by atoms with Gasteiger partial charge in [0.05, 0.1) is 12.2 Å². The minimum atomic E-state index is -4.15. The third kappa shape index (κ3) is 0.735. The number of fused-ring (bicyclic) bond motifs is 1. The maximum Gasteiger partial charge on any atom is 0.400 e. The molecular weight excluding hydrogens is 159 g/mol. The third-order valence-corrected chi connectivity index (χ3v) is 2.00. The van der Waals surface area contributed by atoms with Crippen molar-refractivity contribution in [3.63, 3.8) is 0 Å². The molecule has 0 N–H and O–H groups in total. The summed E-state index contributed by atoms with van der Waals surface area (Å²) in [6, 6.07) is 0. The molecule has 1 unspecified atom stereocenters. The van der Waals surface area contributed by atoms with E-state index in [1.165, 1.54) is 4.74 Å². The van der Waals surface area contributed by atoms with Crippen LogP contribution in [0.15, 0.2) is 4.52 Å². The van der Waals surface area contributed by atoms with Gasteiger partial charge in [-0.3, -0.25) is 0 Å². The van der Waals surface area contributed by atoms with Crippen molar-refractivity contribution < 1.29 is 17.7 Å². The number of rotatable bonds is 0. The van der Waals surface area contributed by atoms with E-state index in [1.807, 2.05) is 0 Å². The van der Waals surface area contributed by atoms with Gasteiger partial charge in [-0.25, -0.2) is 4.74 Å². The fraction of sp³-hybridized carbons (Fsp3) is 0.667. The molecule has 2 aliphatic rings. The molecule has 0 amide bonds. The van der Waals surface area contributed by atoms with Gasteiger partial charge in [-0.15, -0.1) is 0 Å². The maximum atomic E-state index is 12.1. The highest BCUT2D eigenvalue weighted by Crippen LogP contribution is 2.44. The molecule has 0 aliphatic carbocycles. The van der Waals surface area contributed by atoms with Gasteiger partial charge in [0.15, 0.2) is 5.76 Å². The fourth-order valence-corrected chi connectivity index (χ4v) is 1.33. The molecule has 2 bridgehead atoms. The van der Waals surface area contributed by atoms with Gasteiger partial charge < -0.3 is 4.52 Å². The molecule has 1 atom stereocenters. The van der Waals surface area contributed by atoms with Crippen molar-refractivity contribution in [2.75, 3.05) is 0 Å². The Morgan fingerprint density at radius 2 is 2.18 bits per heavy atom. The zero-order valence-corrected chi connectivity index (χ0v) is 5.77. The third-order valence-electron chi connectivity index (χ3n) is 2.00. The number of halogens is 3. The van der Waals surface area contributed by atoms with E-state index in [-0.39, 0.29) is 12.3 Å². The lowest BCUT2D eigenvalue weighted by molar-refractivity contribution is -0.150. The molecule has 1 aromatic heterocycles. The van der Waals surface area contributed by atoms with Crippen molar-refractivity contribution >= 4 is 0 Å². The molecule has 0 radical (unpaired) electrons. The summed E-state index contributed by atoms with van der Waals surface area (Å²) < 4.78 is 42.2. The second-order valence-corrected chi connectivity index (χ2v) is 2.70. The Bertz CT molecular complexity index is 283. The van der Waals surface area contributed by atoms with E-state index >= 15 is 0 Å². The van der Waals surface area contributed by atoms with E-state index in [4.69, 9.17) is 4.52 Å². The van der Waals surface area contributed by atoms with Crippen LogP contribution >= 0.6 is 0 Å². The van der Waals surface area contributed by atoms with Crippen LogP contribution in [0.4, 0.5) is 13.2 Å². The highest BCUT2D eigenvalue weighted by atomic mass is 19.4. The lowest BCUT2D eigenvalue weighted by atomic mass is 10.1. The van der Waals surface area contributed by atoms with E-state index in [9.17, 15) is 13.2 Å². The van der Waals surface area contributed by atoms with Gasteiger partial charge in [0.1, 0.15) is 5.92 Å². The lowest BCUT2D eigenvalue weighted by Gasteiger charge is -2.09. The SMILES string of the molecule is Cc1c2on1CC2C(F)(F)F. The van der Waals surface area contributed by atoms with E-state index in [2.05, 4.69) is 0 Å². The second kappa shape index (κ2) is 1.65. The summed E-state index contributed by atoms with van der Waals surface area (Å²) in [4.78, 5) is 0. The van der Waals surface area contributed by atoms with Crippen molar-refractivity contribution in [3.05, 3.63) is 11.5 Å². The van der Waals surface area contributed by atoms with Crippen LogP contribution in [0, 0.1) is 6.92 Å². The molecule has 0 fully saturated rings. The Morgan fingerprint density at radius 1 is 1.55 bits per heavy atom. The highest BCUT2D eigenvalue weighted by molar-refractivity contribution is 5.20. The Balaban J connectivity index is 2.27. The molecule has 0 saturated carbocycles. The summed E-state index contributed by atoms with van der Waals surface area (Å²) in [5.74, 6) is -1.29. The van der Waals surface area contributed by atoms with E-state index in [0.717, 1.165) is 0 Å². The molecule has 0 spiro atoms. The molecule has 3 heterocycles. The quantitative estimate of drug-likeness (QED) is 0.575. The van der Waals surface area contributed by atoms with Crippen LogP contribution in [0.2, 0.25) is 0 Å². The minimum absolute atomic E-state index is 0.0648. The molecule has 0 aromatic carbocycles. The zero-order valence-electron chi connectivity index (χ0n) is 5.77. The molecule has 5 heteroatoms. The molecule has 2 aliphatic heterocycles. The second-order valence-electron chi connectivity index (χ2n) is 2.70. The van der Waals surface area contributed by atoms with E-state index in [1.54, 1.807) is 6.92 Å². The summed E-state index contributed by atoms with van der Waals surface area (Å²) in [6.45, 7) is 1.56. The Labute approximate surface area is 60.5 Å².